The number of hydrogen-bond donors (Lipinski definition) is 1. The molecule has 0 aromatic heterocycles. The third-order valence-electron chi connectivity index (χ3n) is 5.99. The predicted molar refractivity (Wildman–Crippen MR) is 131 cm³/mol. The number of carbonyl (C=O) groups is 2. The third kappa shape index (κ3) is 6.17. The van der Waals surface area contributed by atoms with E-state index < -0.39 is 12.7 Å². The van der Waals surface area contributed by atoms with Crippen LogP contribution in [0.15, 0.2) is 78.9 Å². The number of amides is 2. The van der Waals surface area contributed by atoms with Gasteiger partial charge in [-0.3, -0.25) is 14.5 Å². The van der Waals surface area contributed by atoms with Gasteiger partial charge >= 0.3 is 6.61 Å². The summed E-state index contributed by atoms with van der Waals surface area (Å²) in [5.74, 6) is 0.185. The van der Waals surface area contributed by atoms with Crippen LogP contribution in [-0.4, -0.2) is 61.5 Å². The minimum absolute atomic E-state index is 0.0613. The largest absolute Gasteiger partial charge is 0.497 e. The molecule has 1 N–H and O–H groups in total. The summed E-state index contributed by atoms with van der Waals surface area (Å²) < 4.78 is 34.7. The molecule has 0 spiro atoms. The summed E-state index contributed by atoms with van der Waals surface area (Å²) in [6, 6.07) is 21.8. The summed E-state index contributed by atoms with van der Waals surface area (Å²) in [5, 5.41) is 2.98. The zero-order chi connectivity index (χ0) is 25.5. The van der Waals surface area contributed by atoms with Gasteiger partial charge in [-0.2, -0.15) is 8.78 Å². The lowest BCUT2D eigenvalue weighted by Crippen LogP contribution is -2.51. The van der Waals surface area contributed by atoms with E-state index in [-0.39, 0.29) is 23.1 Å². The molecule has 1 saturated heterocycles. The molecule has 1 aliphatic rings. The Morgan fingerprint density at radius 3 is 2.19 bits per heavy atom. The van der Waals surface area contributed by atoms with Crippen LogP contribution in [0, 0.1) is 0 Å². The van der Waals surface area contributed by atoms with Gasteiger partial charge in [0.1, 0.15) is 17.5 Å². The molecule has 3 aromatic rings. The second-order valence-corrected chi connectivity index (χ2v) is 8.27. The van der Waals surface area contributed by atoms with E-state index in [0.717, 1.165) is 5.56 Å². The lowest BCUT2D eigenvalue weighted by molar-refractivity contribution is -0.122. The number of nitrogens with zero attached hydrogens (tertiary/aromatic N) is 2. The molecule has 0 aliphatic carbocycles. The topological polar surface area (TPSA) is 71.1 Å². The van der Waals surface area contributed by atoms with Gasteiger partial charge in [-0.05, 0) is 48.0 Å². The van der Waals surface area contributed by atoms with Crippen LogP contribution in [0.3, 0.4) is 0 Å². The molecule has 188 valence electrons. The van der Waals surface area contributed by atoms with Crippen LogP contribution >= 0.6 is 0 Å². The van der Waals surface area contributed by atoms with E-state index in [2.05, 4.69) is 10.1 Å². The van der Waals surface area contributed by atoms with E-state index in [1.807, 2.05) is 35.2 Å². The van der Waals surface area contributed by atoms with Crippen LogP contribution in [0.2, 0.25) is 0 Å². The number of piperazine rings is 1. The monoisotopic (exact) mass is 495 g/mol. The molecule has 9 heteroatoms. The van der Waals surface area contributed by atoms with Crippen molar-refractivity contribution in [2.45, 2.75) is 12.7 Å². The summed E-state index contributed by atoms with van der Waals surface area (Å²) in [4.78, 5) is 30.1. The summed E-state index contributed by atoms with van der Waals surface area (Å²) in [7, 11) is 1.58. The highest BCUT2D eigenvalue weighted by molar-refractivity contribution is 5.96. The highest BCUT2D eigenvalue weighted by atomic mass is 19.3. The molecule has 1 aliphatic heterocycles. The van der Waals surface area contributed by atoms with E-state index in [1.165, 1.54) is 18.2 Å². The first-order valence-electron chi connectivity index (χ1n) is 11.5. The highest BCUT2D eigenvalue weighted by Gasteiger charge is 2.32. The molecular weight excluding hydrogens is 468 g/mol. The van der Waals surface area contributed by atoms with Crippen molar-refractivity contribution in [3.8, 4) is 11.5 Å². The highest BCUT2D eigenvalue weighted by Crippen LogP contribution is 2.26. The number of hydrogen-bond acceptors (Lipinski definition) is 5. The number of alkyl halides is 2. The van der Waals surface area contributed by atoms with Crippen molar-refractivity contribution < 1.29 is 27.8 Å². The molecule has 0 saturated carbocycles. The molecular formula is C27H27F2N3O4. The van der Waals surface area contributed by atoms with Crippen LogP contribution < -0.4 is 14.8 Å². The summed E-state index contributed by atoms with van der Waals surface area (Å²) >= 11 is 0. The normalized spacial score (nSPS) is 14.8. The zero-order valence-corrected chi connectivity index (χ0v) is 19.8. The molecule has 1 atom stereocenters. The molecule has 7 nitrogen and oxygen atoms in total. The Hall–Kier alpha value is -3.98. The Morgan fingerprint density at radius 2 is 1.56 bits per heavy atom. The minimum Gasteiger partial charge on any atom is -0.497 e. The van der Waals surface area contributed by atoms with Crippen LogP contribution in [0.5, 0.6) is 11.5 Å². The van der Waals surface area contributed by atoms with Crippen molar-refractivity contribution in [1.82, 2.24) is 9.80 Å². The van der Waals surface area contributed by atoms with Gasteiger partial charge in [0.05, 0.1) is 7.11 Å². The van der Waals surface area contributed by atoms with Gasteiger partial charge in [0.15, 0.2) is 0 Å². The first kappa shape index (κ1) is 25.1. The molecule has 2 amide bonds. The van der Waals surface area contributed by atoms with E-state index in [1.54, 1.807) is 42.3 Å². The quantitative estimate of drug-likeness (QED) is 0.501. The second kappa shape index (κ2) is 11.6. The summed E-state index contributed by atoms with van der Waals surface area (Å²) in [6.07, 6.45) is 0. The van der Waals surface area contributed by atoms with Gasteiger partial charge in [0.2, 0.25) is 5.91 Å². The molecule has 0 bridgehead atoms. The number of methoxy groups -OCH3 is 1. The number of anilines is 1. The Kier molecular flexibility index (Phi) is 8.12. The fourth-order valence-corrected chi connectivity index (χ4v) is 4.22. The molecule has 1 heterocycles. The predicted octanol–water partition coefficient (Wildman–Crippen LogP) is 4.43. The number of ether oxygens (including phenoxy) is 2. The number of benzene rings is 3. The molecule has 36 heavy (non-hydrogen) atoms. The van der Waals surface area contributed by atoms with Crippen molar-refractivity contribution in [2.24, 2.45) is 0 Å². The smallest absolute Gasteiger partial charge is 0.387 e. The number of carbonyl (C=O) groups excluding carboxylic acids is 2. The fourth-order valence-electron chi connectivity index (χ4n) is 4.22. The SMILES string of the molecule is COc1ccc(NC(=O)C(c2ccccc2)N2CCN(C(=O)c3cccc(OC(F)F)c3)CC2)cc1. The summed E-state index contributed by atoms with van der Waals surface area (Å²) in [6.45, 7) is -1.25. The molecule has 3 aromatic carbocycles. The van der Waals surface area contributed by atoms with Gasteiger partial charge < -0.3 is 19.7 Å². The molecule has 0 radical (unpaired) electrons. The maximum Gasteiger partial charge on any atom is 0.387 e. The Labute approximate surface area is 208 Å². The second-order valence-electron chi connectivity index (χ2n) is 8.27. The van der Waals surface area contributed by atoms with E-state index in [4.69, 9.17) is 4.74 Å². The Balaban J connectivity index is 1.45. The Bertz CT molecular complexity index is 1170. The van der Waals surface area contributed by atoms with Gasteiger partial charge in [-0.15, -0.1) is 0 Å². The zero-order valence-electron chi connectivity index (χ0n) is 19.8. The maximum absolute atomic E-state index is 13.4. The first-order chi connectivity index (χ1) is 17.4. The number of nitrogens with one attached hydrogen (secondary N) is 1. The van der Waals surface area contributed by atoms with Crippen molar-refractivity contribution in [1.29, 1.82) is 0 Å². The van der Waals surface area contributed by atoms with Crippen LogP contribution in [0.1, 0.15) is 22.0 Å². The van der Waals surface area contributed by atoms with Crippen molar-refractivity contribution in [2.75, 3.05) is 38.6 Å². The van der Waals surface area contributed by atoms with Crippen molar-refractivity contribution in [3.05, 3.63) is 90.0 Å². The van der Waals surface area contributed by atoms with Gasteiger partial charge in [-0.1, -0.05) is 36.4 Å². The van der Waals surface area contributed by atoms with E-state index >= 15 is 0 Å². The fraction of sp³-hybridized carbons (Fsp3) is 0.259. The molecule has 1 unspecified atom stereocenters. The van der Waals surface area contributed by atoms with Crippen LogP contribution in [0.25, 0.3) is 0 Å². The minimum atomic E-state index is -2.96. The lowest BCUT2D eigenvalue weighted by atomic mass is 10.0. The average Bonchev–Trinajstić information content (AvgIpc) is 2.90. The van der Waals surface area contributed by atoms with Crippen LogP contribution in [-0.2, 0) is 4.79 Å². The van der Waals surface area contributed by atoms with E-state index in [9.17, 15) is 18.4 Å². The van der Waals surface area contributed by atoms with Crippen molar-refractivity contribution >= 4 is 17.5 Å². The molecule has 1 fully saturated rings. The lowest BCUT2D eigenvalue weighted by Gasteiger charge is -2.38. The maximum atomic E-state index is 13.4. The standard InChI is InChI=1S/C27H27F2N3O4/c1-35-22-12-10-21(11-13-22)30-25(33)24(19-6-3-2-4-7-19)31-14-16-32(17-15-31)26(34)20-8-5-9-23(18-20)36-27(28)29/h2-13,18,24,27H,14-17H2,1H3,(H,30,33). The average molecular weight is 496 g/mol. The summed E-state index contributed by atoms with van der Waals surface area (Å²) in [5.41, 5.74) is 1.78. The van der Waals surface area contributed by atoms with Crippen LogP contribution in [0.4, 0.5) is 14.5 Å². The number of halogens is 2. The van der Waals surface area contributed by atoms with Gasteiger partial charge in [0, 0.05) is 37.4 Å². The van der Waals surface area contributed by atoms with Crippen molar-refractivity contribution in [3.63, 3.8) is 0 Å². The van der Waals surface area contributed by atoms with Gasteiger partial charge in [0.25, 0.3) is 5.91 Å². The third-order valence-corrected chi connectivity index (χ3v) is 5.99. The first-order valence-corrected chi connectivity index (χ1v) is 11.5. The number of rotatable bonds is 8. The van der Waals surface area contributed by atoms with E-state index in [0.29, 0.717) is 37.6 Å². The molecule has 4 rings (SSSR count). The Morgan fingerprint density at radius 1 is 0.861 bits per heavy atom. The van der Waals surface area contributed by atoms with Gasteiger partial charge in [-0.25, -0.2) is 0 Å².